The molecule has 5 nitrogen and oxygen atoms in total. The van der Waals surface area contributed by atoms with Gasteiger partial charge in [-0.25, -0.2) is 4.99 Å². The molecule has 2 bridgehead atoms. The first-order chi connectivity index (χ1) is 11.6. The van der Waals surface area contributed by atoms with Crippen molar-refractivity contribution in [3.8, 4) is 0 Å². The summed E-state index contributed by atoms with van der Waals surface area (Å²) in [4.78, 5) is 21.2. The van der Waals surface area contributed by atoms with Gasteiger partial charge in [0.15, 0.2) is 6.17 Å². The van der Waals surface area contributed by atoms with Crippen molar-refractivity contribution in [1.82, 2.24) is 4.90 Å². The zero-order valence-electron chi connectivity index (χ0n) is 14.3. The molecule has 1 saturated heterocycles. The van der Waals surface area contributed by atoms with E-state index in [2.05, 4.69) is 16.0 Å². The molecule has 0 aromatic heterocycles. The summed E-state index contributed by atoms with van der Waals surface area (Å²) in [7, 11) is 1.79. The highest BCUT2D eigenvalue weighted by atomic mass is 16.2. The van der Waals surface area contributed by atoms with E-state index < -0.39 is 6.17 Å². The van der Waals surface area contributed by atoms with Crippen LogP contribution in [0.15, 0.2) is 29.3 Å². The first-order valence-corrected chi connectivity index (χ1v) is 9.09. The van der Waals surface area contributed by atoms with E-state index in [4.69, 9.17) is 5.73 Å². The molecule has 3 aliphatic rings. The molecule has 1 amide bonds. The summed E-state index contributed by atoms with van der Waals surface area (Å²) in [6.45, 7) is 2.07. The van der Waals surface area contributed by atoms with Crippen molar-refractivity contribution in [2.75, 3.05) is 25.0 Å². The fourth-order valence-corrected chi connectivity index (χ4v) is 4.47. The standard InChI is InChI=1S/C19H26N4O/c1-22-16-8-3-2-7-15(16)18(21-17(20)19(22)24)23-11-13-5-4-6-14(12-23)10-9-13/h2-3,7-8,13-14,17H,4-6,9-12,20H2,1H3. The van der Waals surface area contributed by atoms with Crippen molar-refractivity contribution in [2.45, 2.75) is 38.3 Å². The van der Waals surface area contributed by atoms with Crippen molar-refractivity contribution in [3.05, 3.63) is 29.8 Å². The van der Waals surface area contributed by atoms with E-state index >= 15 is 0 Å². The van der Waals surface area contributed by atoms with Gasteiger partial charge < -0.3 is 15.5 Å². The molecule has 0 spiro atoms. The third-order valence-electron chi connectivity index (χ3n) is 5.82. The van der Waals surface area contributed by atoms with Crippen LogP contribution < -0.4 is 10.6 Å². The molecule has 2 N–H and O–H groups in total. The highest BCUT2D eigenvalue weighted by Crippen LogP contribution is 2.34. The Balaban J connectivity index is 1.76. The van der Waals surface area contributed by atoms with Gasteiger partial charge in [-0.3, -0.25) is 4.79 Å². The normalized spacial score (nSPS) is 30.3. The number of hydrogen-bond acceptors (Lipinski definition) is 4. The smallest absolute Gasteiger partial charge is 0.266 e. The molecule has 5 heteroatoms. The van der Waals surface area contributed by atoms with Crippen molar-refractivity contribution in [1.29, 1.82) is 0 Å². The number of hydrogen-bond donors (Lipinski definition) is 1. The molecular formula is C19H26N4O. The average Bonchev–Trinajstić information content (AvgIpc) is 2.95. The molecule has 2 fully saturated rings. The SMILES string of the molecule is CN1C(=O)C(N)N=C(N2CC3CCCC(CC3)C2)c2ccccc21. The fraction of sp³-hybridized carbons (Fsp3) is 0.579. The summed E-state index contributed by atoms with van der Waals surface area (Å²) in [6.07, 6.45) is 5.80. The van der Waals surface area contributed by atoms with E-state index in [0.29, 0.717) is 0 Å². The van der Waals surface area contributed by atoms with Crippen LogP contribution in [0.1, 0.15) is 37.7 Å². The van der Waals surface area contributed by atoms with Gasteiger partial charge in [-0.15, -0.1) is 0 Å². The number of benzene rings is 1. The van der Waals surface area contributed by atoms with Crippen LogP contribution in [-0.4, -0.2) is 42.9 Å². The molecule has 1 aromatic carbocycles. The molecule has 0 radical (unpaired) electrons. The van der Waals surface area contributed by atoms with Crippen molar-refractivity contribution in [2.24, 2.45) is 22.6 Å². The maximum atomic E-state index is 12.5. The molecule has 24 heavy (non-hydrogen) atoms. The molecule has 3 unspecified atom stereocenters. The van der Waals surface area contributed by atoms with Gasteiger partial charge in [0.1, 0.15) is 5.84 Å². The van der Waals surface area contributed by atoms with Crippen molar-refractivity contribution >= 4 is 17.4 Å². The van der Waals surface area contributed by atoms with E-state index in [1.165, 1.54) is 32.1 Å². The quantitative estimate of drug-likeness (QED) is 0.795. The highest BCUT2D eigenvalue weighted by Gasteiger charge is 2.33. The predicted octanol–water partition coefficient (Wildman–Crippen LogP) is 2.21. The van der Waals surface area contributed by atoms with Crippen LogP contribution in [0.5, 0.6) is 0 Å². The Labute approximate surface area is 143 Å². The maximum Gasteiger partial charge on any atom is 0.266 e. The topological polar surface area (TPSA) is 61.9 Å². The monoisotopic (exact) mass is 326 g/mol. The number of para-hydroxylation sites is 1. The Morgan fingerprint density at radius 3 is 2.46 bits per heavy atom. The largest absolute Gasteiger partial charge is 0.356 e. The maximum absolute atomic E-state index is 12.5. The lowest BCUT2D eigenvalue weighted by Gasteiger charge is -2.32. The second-order valence-corrected chi connectivity index (χ2v) is 7.46. The van der Waals surface area contributed by atoms with Gasteiger partial charge in [0, 0.05) is 25.7 Å². The van der Waals surface area contributed by atoms with E-state index in [0.717, 1.165) is 42.0 Å². The van der Waals surface area contributed by atoms with Gasteiger partial charge in [-0.1, -0.05) is 18.6 Å². The molecule has 3 atom stereocenters. The second-order valence-electron chi connectivity index (χ2n) is 7.46. The van der Waals surface area contributed by atoms with E-state index in [1.54, 1.807) is 11.9 Å². The number of nitrogens with two attached hydrogens (primary N) is 1. The van der Waals surface area contributed by atoms with Crippen molar-refractivity contribution < 1.29 is 4.79 Å². The van der Waals surface area contributed by atoms with Crippen LogP contribution in [0, 0.1) is 11.8 Å². The summed E-state index contributed by atoms with van der Waals surface area (Å²) >= 11 is 0. The minimum atomic E-state index is -0.819. The van der Waals surface area contributed by atoms with Crippen LogP contribution in [0.4, 0.5) is 5.69 Å². The fourth-order valence-electron chi connectivity index (χ4n) is 4.47. The number of amides is 1. The number of likely N-dealkylation sites (N-methyl/N-ethyl adjacent to an activating group) is 1. The predicted molar refractivity (Wildman–Crippen MR) is 96.0 cm³/mol. The lowest BCUT2D eigenvalue weighted by atomic mass is 9.98. The van der Waals surface area contributed by atoms with Crippen LogP contribution in [0.2, 0.25) is 0 Å². The first kappa shape index (κ1) is 15.6. The van der Waals surface area contributed by atoms with Gasteiger partial charge in [0.2, 0.25) is 0 Å². The molecule has 1 aromatic rings. The van der Waals surface area contributed by atoms with E-state index in [-0.39, 0.29) is 5.91 Å². The zero-order chi connectivity index (χ0) is 16.7. The molecule has 4 rings (SSSR count). The van der Waals surface area contributed by atoms with Crippen LogP contribution in [-0.2, 0) is 4.79 Å². The Hall–Kier alpha value is -1.88. The average molecular weight is 326 g/mol. The van der Waals surface area contributed by atoms with Crippen molar-refractivity contribution in [3.63, 3.8) is 0 Å². The number of rotatable bonds is 0. The Morgan fingerprint density at radius 1 is 1.08 bits per heavy atom. The lowest BCUT2D eigenvalue weighted by Crippen LogP contribution is -2.41. The van der Waals surface area contributed by atoms with Gasteiger partial charge in [0.25, 0.3) is 5.91 Å². The van der Waals surface area contributed by atoms with Crippen LogP contribution in [0.3, 0.4) is 0 Å². The summed E-state index contributed by atoms with van der Waals surface area (Å²) in [5, 5.41) is 0. The molecular weight excluding hydrogens is 300 g/mol. The first-order valence-electron chi connectivity index (χ1n) is 9.09. The molecule has 1 aliphatic carbocycles. The molecule has 2 heterocycles. The number of anilines is 1. The second kappa shape index (κ2) is 6.20. The third kappa shape index (κ3) is 2.71. The number of carbonyl (C=O) groups is 1. The summed E-state index contributed by atoms with van der Waals surface area (Å²) in [5.74, 6) is 2.24. The number of nitrogens with zero attached hydrogens (tertiary/aromatic N) is 3. The number of carbonyl (C=O) groups excluding carboxylic acids is 1. The summed E-state index contributed by atoms with van der Waals surface area (Å²) in [5.41, 5.74) is 8.03. The summed E-state index contributed by atoms with van der Waals surface area (Å²) in [6, 6.07) is 8.03. The highest BCUT2D eigenvalue weighted by molar-refractivity contribution is 6.11. The number of benzodiazepines with no additional fused rings is 1. The number of likely N-dealkylation sites (tertiary alicyclic amines) is 1. The molecule has 1 saturated carbocycles. The minimum absolute atomic E-state index is 0.146. The van der Waals surface area contributed by atoms with Crippen LogP contribution in [0.25, 0.3) is 0 Å². The molecule has 2 aliphatic heterocycles. The Bertz CT molecular complexity index is 657. The lowest BCUT2D eigenvalue weighted by molar-refractivity contribution is -0.119. The van der Waals surface area contributed by atoms with E-state index in [9.17, 15) is 4.79 Å². The van der Waals surface area contributed by atoms with Gasteiger partial charge in [-0.05, 0) is 49.7 Å². The number of amidine groups is 1. The number of fused-ring (bicyclic) bond motifs is 4. The zero-order valence-corrected chi connectivity index (χ0v) is 14.3. The molecule has 128 valence electrons. The Morgan fingerprint density at radius 2 is 1.75 bits per heavy atom. The third-order valence-corrected chi connectivity index (χ3v) is 5.82. The van der Waals surface area contributed by atoms with E-state index in [1.807, 2.05) is 18.2 Å². The number of aliphatic imine (C=N–C) groups is 1. The van der Waals surface area contributed by atoms with Crippen LogP contribution >= 0.6 is 0 Å². The summed E-state index contributed by atoms with van der Waals surface area (Å²) < 4.78 is 0. The minimum Gasteiger partial charge on any atom is -0.356 e. The van der Waals surface area contributed by atoms with Gasteiger partial charge in [0.05, 0.1) is 5.69 Å². The van der Waals surface area contributed by atoms with Gasteiger partial charge in [-0.2, -0.15) is 0 Å². The Kier molecular flexibility index (Phi) is 4.04. The van der Waals surface area contributed by atoms with Gasteiger partial charge >= 0.3 is 0 Å².